The number of likely N-dealkylation sites (tertiary alicyclic amines) is 1. The quantitative estimate of drug-likeness (QED) is 0.473. The molecule has 11 nitrogen and oxygen atoms in total. The van der Waals surface area contributed by atoms with Gasteiger partial charge in [-0.3, -0.25) is 0 Å². The number of rotatable bonds is 6. The number of amides is 1. The molecule has 198 valence electrons. The van der Waals surface area contributed by atoms with E-state index in [1.807, 2.05) is 0 Å². The molecule has 37 heavy (non-hydrogen) atoms. The zero-order valence-electron chi connectivity index (χ0n) is 21.5. The number of nitrogens with two attached hydrogens (primary N) is 1. The number of carbonyl (C=O) groups is 2. The number of nitrogen functional groups attached to an aromatic ring is 1. The minimum Gasteiger partial charge on any atom is -0.461 e. The van der Waals surface area contributed by atoms with E-state index in [4.69, 9.17) is 15.2 Å². The summed E-state index contributed by atoms with van der Waals surface area (Å²) in [6.07, 6.45) is 4.64. The van der Waals surface area contributed by atoms with Gasteiger partial charge in [-0.15, -0.1) is 0 Å². The van der Waals surface area contributed by atoms with Crippen molar-refractivity contribution in [1.29, 1.82) is 0 Å². The molecular weight excluding hydrogens is 481 g/mol. The maximum Gasteiger partial charge on any atom is 0.410 e. The molecule has 0 aliphatic carbocycles. The van der Waals surface area contributed by atoms with Gasteiger partial charge in [0.05, 0.1) is 18.8 Å². The molecule has 3 N–H and O–H groups in total. The van der Waals surface area contributed by atoms with Crippen LogP contribution in [0.1, 0.15) is 51.0 Å². The highest BCUT2D eigenvalue weighted by Crippen LogP contribution is 2.30. The van der Waals surface area contributed by atoms with Crippen molar-refractivity contribution in [2.24, 2.45) is 0 Å². The molecule has 3 aromatic heterocycles. The Morgan fingerprint density at radius 3 is 2.59 bits per heavy atom. The van der Waals surface area contributed by atoms with E-state index in [1.54, 1.807) is 62.8 Å². The lowest BCUT2D eigenvalue weighted by Crippen LogP contribution is -2.48. The van der Waals surface area contributed by atoms with Crippen LogP contribution < -0.4 is 11.1 Å². The van der Waals surface area contributed by atoms with E-state index >= 15 is 4.39 Å². The fourth-order valence-corrected chi connectivity index (χ4v) is 4.00. The van der Waals surface area contributed by atoms with Crippen molar-refractivity contribution in [1.82, 2.24) is 24.3 Å². The number of fused-ring (bicyclic) bond motifs is 1. The van der Waals surface area contributed by atoms with Gasteiger partial charge in [-0.2, -0.15) is 0 Å². The van der Waals surface area contributed by atoms with Crippen LogP contribution >= 0.6 is 0 Å². The second kappa shape index (κ2) is 10.2. The van der Waals surface area contributed by atoms with Crippen molar-refractivity contribution in [3.05, 3.63) is 36.4 Å². The molecule has 1 aliphatic heterocycles. The number of nitrogens with zero attached hydrogens (tertiary/aromatic N) is 5. The molecule has 1 saturated heterocycles. The maximum atomic E-state index is 15.7. The third kappa shape index (κ3) is 6.25. The molecule has 12 heteroatoms. The second-order valence-electron chi connectivity index (χ2n) is 9.99. The number of aromatic nitrogens is 4. The van der Waals surface area contributed by atoms with Gasteiger partial charge in [-0.1, -0.05) is 0 Å². The largest absolute Gasteiger partial charge is 0.461 e. The zero-order chi connectivity index (χ0) is 26.8. The van der Waals surface area contributed by atoms with E-state index in [2.05, 4.69) is 20.3 Å². The minimum absolute atomic E-state index is 0.0542. The van der Waals surface area contributed by atoms with Gasteiger partial charge in [0.1, 0.15) is 17.1 Å². The number of hydrogen-bond donors (Lipinski definition) is 2. The van der Waals surface area contributed by atoms with Crippen LogP contribution in [0, 0.1) is 0 Å². The number of halogens is 1. The molecule has 4 rings (SSSR count). The number of piperidine rings is 1. The average Bonchev–Trinajstić information content (AvgIpc) is 3.27. The van der Waals surface area contributed by atoms with Crippen molar-refractivity contribution in [3.63, 3.8) is 0 Å². The Hall–Kier alpha value is -3.96. The SMILES string of the molecule is CCOC(=O)c1cn2cc(-c3ccnc(N)c3)nc(NCC3(F)CCN(C(=O)OC(C)(C)C)CC3)c2n1. The first-order valence-electron chi connectivity index (χ1n) is 12.2. The van der Waals surface area contributed by atoms with Crippen LogP contribution in [0.3, 0.4) is 0 Å². The highest BCUT2D eigenvalue weighted by Gasteiger charge is 2.37. The number of hydrogen-bond acceptors (Lipinski definition) is 9. The molecule has 4 heterocycles. The van der Waals surface area contributed by atoms with Crippen LogP contribution in [-0.2, 0) is 9.47 Å². The Bertz CT molecular complexity index is 1300. The normalized spacial score (nSPS) is 15.4. The molecule has 3 aromatic rings. The summed E-state index contributed by atoms with van der Waals surface area (Å²) < 4.78 is 27.9. The van der Waals surface area contributed by atoms with Crippen molar-refractivity contribution >= 4 is 29.3 Å². The van der Waals surface area contributed by atoms with Gasteiger partial charge in [0, 0.05) is 50.1 Å². The fraction of sp³-hybridized carbons (Fsp3) is 0.480. The molecule has 0 bridgehead atoms. The number of imidazole rings is 1. The molecule has 0 atom stereocenters. The van der Waals surface area contributed by atoms with Crippen LogP contribution in [-0.4, -0.2) is 73.8 Å². The number of esters is 1. The highest BCUT2D eigenvalue weighted by molar-refractivity contribution is 5.89. The number of alkyl halides is 1. The first-order valence-corrected chi connectivity index (χ1v) is 12.2. The number of anilines is 2. The predicted molar refractivity (Wildman–Crippen MR) is 136 cm³/mol. The maximum absolute atomic E-state index is 15.7. The van der Waals surface area contributed by atoms with E-state index in [1.165, 1.54) is 4.90 Å². The Morgan fingerprint density at radius 2 is 1.95 bits per heavy atom. The van der Waals surface area contributed by atoms with Gasteiger partial charge >= 0.3 is 12.1 Å². The fourth-order valence-electron chi connectivity index (χ4n) is 4.00. The molecule has 1 aliphatic rings. The third-order valence-electron chi connectivity index (χ3n) is 5.88. The van der Waals surface area contributed by atoms with Crippen LogP contribution in [0.15, 0.2) is 30.7 Å². The Kier molecular flexibility index (Phi) is 7.19. The first-order chi connectivity index (χ1) is 17.5. The lowest BCUT2D eigenvalue weighted by Gasteiger charge is -2.37. The predicted octanol–water partition coefficient (Wildman–Crippen LogP) is 3.70. The van der Waals surface area contributed by atoms with Gasteiger partial charge in [0.25, 0.3) is 0 Å². The summed E-state index contributed by atoms with van der Waals surface area (Å²) in [6, 6.07) is 3.42. The number of nitrogens with one attached hydrogen (secondary N) is 1. The topological polar surface area (TPSA) is 137 Å². The number of pyridine rings is 1. The Balaban J connectivity index is 1.56. The van der Waals surface area contributed by atoms with Crippen molar-refractivity contribution in [3.8, 4) is 11.3 Å². The van der Waals surface area contributed by atoms with Crippen LogP contribution in [0.5, 0.6) is 0 Å². The van der Waals surface area contributed by atoms with Crippen molar-refractivity contribution in [2.45, 2.75) is 51.8 Å². The lowest BCUT2D eigenvalue weighted by molar-refractivity contribution is 0.00572. The summed E-state index contributed by atoms with van der Waals surface area (Å²) in [5, 5.41) is 3.09. The molecule has 0 saturated carbocycles. The molecular formula is C25H32FN7O4. The van der Waals surface area contributed by atoms with Crippen molar-refractivity contribution in [2.75, 3.05) is 37.3 Å². The summed E-state index contributed by atoms with van der Waals surface area (Å²) >= 11 is 0. The smallest absolute Gasteiger partial charge is 0.410 e. The standard InChI is InChI=1S/C25H32FN7O4/c1-5-36-22(34)18-14-33-13-17(16-6-9-28-19(27)12-16)30-20(21(33)31-18)29-15-25(26)7-10-32(11-8-25)23(35)37-24(2,3)4/h6,9,12-14H,5,7-8,10-11,15H2,1-4H3,(H2,27,28)(H,29,30). The Labute approximate surface area is 214 Å². The van der Waals surface area contributed by atoms with Gasteiger partial charge in [-0.05, 0) is 39.8 Å². The van der Waals surface area contributed by atoms with E-state index in [0.717, 1.165) is 0 Å². The molecule has 1 amide bonds. The number of carbonyl (C=O) groups excluding carboxylic acids is 2. The van der Waals surface area contributed by atoms with Crippen molar-refractivity contribution < 1.29 is 23.5 Å². The summed E-state index contributed by atoms with van der Waals surface area (Å²) in [6.45, 7) is 7.73. The van der Waals surface area contributed by atoms with E-state index in [0.29, 0.717) is 28.5 Å². The van der Waals surface area contributed by atoms with Crippen LogP contribution in [0.4, 0.5) is 20.8 Å². The summed E-state index contributed by atoms with van der Waals surface area (Å²) in [4.78, 5) is 39.2. The monoisotopic (exact) mass is 513 g/mol. The molecule has 1 fully saturated rings. The molecule has 0 aromatic carbocycles. The molecule has 0 unspecified atom stereocenters. The van der Waals surface area contributed by atoms with Gasteiger partial charge < -0.3 is 29.8 Å². The average molecular weight is 514 g/mol. The highest BCUT2D eigenvalue weighted by atomic mass is 19.1. The number of ether oxygens (including phenoxy) is 2. The zero-order valence-corrected chi connectivity index (χ0v) is 21.5. The first kappa shape index (κ1) is 26.1. The van der Waals surface area contributed by atoms with Gasteiger partial charge in [-0.25, -0.2) is 28.9 Å². The van der Waals surface area contributed by atoms with E-state index < -0.39 is 23.3 Å². The summed E-state index contributed by atoms with van der Waals surface area (Å²) in [5.74, 6) is 0.0598. The minimum atomic E-state index is -1.58. The summed E-state index contributed by atoms with van der Waals surface area (Å²) in [5.41, 5.74) is 5.34. The van der Waals surface area contributed by atoms with Gasteiger partial charge in [0.15, 0.2) is 17.2 Å². The molecule has 0 spiro atoms. The Morgan fingerprint density at radius 1 is 1.22 bits per heavy atom. The van der Waals surface area contributed by atoms with Gasteiger partial charge in [0.2, 0.25) is 0 Å². The summed E-state index contributed by atoms with van der Waals surface area (Å²) in [7, 11) is 0. The second-order valence-corrected chi connectivity index (χ2v) is 9.99. The van der Waals surface area contributed by atoms with Crippen LogP contribution in [0.2, 0.25) is 0 Å². The molecule has 0 radical (unpaired) electrons. The third-order valence-corrected chi connectivity index (χ3v) is 5.88. The van der Waals surface area contributed by atoms with E-state index in [9.17, 15) is 9.59 Å². The van der Waals surface area contributed by atoms with Crippen LogP contribution in [0.25, 0.3) is 16.9 Å². The van der Waals surface area contributed by atoms with E-state index in [-0.39, 0.29) is 44.8 Å². The lowest BCUT2D eigenvalue weighted by atomic mass is 9.93.